The number of hydrogen-bond acceptors (Lipinski definition) is 4. The van der Waals surface area contributed by atoms with Crippen molar-refractivity contribution >= 4 is 28.9 Å². The molecule has 0 radical (unpaired) electrons. The van der Waals surface area contributed by atoms with E-state index in [2.05, 4.69) is 5.32 Å². The molecule has 1 N–H and O–H groups in total. The van der Waals surface area contributed by atoms with Crippen LogP contribution in [-0.4, -0.2) is 51.8 Å². The van der Waals surface area contributed by atoms with Crippen LogP contribution in [0.1, 0.15) is 39.1 Å². The Bertz CT molecular complexity index is 850. The third-order valence-corrected chi connectivity index (χ3v) is 5.71. The summed E-state index contributed by atoms with van der Waals surface area (Å²) in [6, 6.07) is 15.5. The zero-order chi connectivity index (χ0) is 20.8. The number of benzene rings is 2. The van der Waals surface area contributed by atoms with E-state index < -0.39 is 34.9 Å². The van der Waals surface area contributed by atoms with E-state index in [4.69, 9.17) is 0 Å². The predicted molar refractivity (Wildman–Crippen MR) is 112 cm³/mol. The van der Waals surface area contributed by atoms with Gasteiger partial charge < -0.3 is 9.87 Å². The second kappa shape index (κ2) is 9.71. The number of carbonyl (C=O) groups excluding carboxylic acids is 3. The van der Waals surface area contributed by atoms with Crippen LogP contribution in [-0.2, 0) is 22.4 Å². The van der Waals surface area contributed by atoms with Crippen molar-refractivity contribution < 1.29 is 18.9 Å². The number of nitrogens with zero attached hydrogens (tertiary/aromatic N) is 1. The smallest absolute Gasteiger partial charge is 0.262 e. The van der Waals surface area contributed by atoms with Gasteiger partial charge in [-0.05, 0) is 30.5 Å². The minimum atomic E-state index is -1.14. The van der Waals surface area contributed by atoms with Gasteiger partial charge in [-0.2, -0.15) is 0 Å². The van der Waals surface area contributed by atoms with Gasteiger partial charge in [-0.25, -0.2) is 0 Å². The van der Waals surface area contributed by atoms with Crippen molar-refractivity contribution in [3.8, 4) is 0 Å². The average molecular weight is 413 g/mol. The largest absolute Gasteiger partial charge is 0.617 e. The second-order valence-electron chi connectivity index (χ2n) is 6.99. The molecule has 2 aromatic rings. The first-order chi connectivity index (χ1) is 14.0. The Morgan fingerprint density at radius 3 is 2.21 bits per heavy atom. The summed E-state index contributed by atoms with van der Waals surface area (Å²) in [5, 5.41) is 2.84. The third kappa shape index (κ3) is 5.05. The molecule has 7 heteroatoms. The summed E-state index contributed by atoms with van der Waals surface area (Å²) in [6.45, 7) is 0.433. The quantitative estimate of drug-likeness (QED) is 0.388. The summed E-state index contributed by atoms with van der Waals surface area (Å²) in [5.74, 6) is -1.11. The van der Waals surface area contributed by atoms with Gasteiger partial charge in [0.1, 0.15) is 11.8 Å². The lowest BCUT2D eigenvalue weighted by molar-refractivity contribution is -0.125. The number of amides is 3. The van der Waals surface area contributed by atoms with Gasteiger partial charge in [-0.15, -0.1) is 0 Å². The van der Waals surface area contributed by atoms with Crippen LogP contribution >= 0.6 is 0 Å². The first-order valence-corrected chi connectivity index (χ1v) is 11.3. The Balaban J connectivity index is 1.66. The second-order valence-corrected chi connectivity index (χ2v) is 8.54. The van der Waals surface area contributed by atoms with Crippen molar-refractivity contribution in [2.75, 3.05) is 18.6 Å². The molecule has 152 valence electrons. The van der Waals surface area contributed by atoms with E-state index in [1.165, 1.54) is 11.8 Å². The maximum Gasteiger partial charge on any atom is 0.262 e. The molecule has 0 saturated carbocycles. The molecule has 0 aliphatic carbocycles. The van der Waals surface area contributed by atoms with Crippen LogP contribution in [0.4, 0.5) is 0 Å². The molecule has 3 rings (SSSR count). The van der Waals surface area contributed by atoms with Crippen LogP contribution in [0, 0.1) is 0 Å². The van der Waals surface area contributed by atoms with Crippen molar-refractivity contribution in [2.45, 2.75) is 25.3 Å². The topological polar surface area (TPSA) is 89.5 Å². The molecule has 0 spiro atoms. The lowest BCUT2D eigenvalue weighted by Gasteiger charge is -2.25. The fraction of sp³-hybridized carbons (Fsp3) is 0.318. The molecule has 0 aromatic heterocycles. The Morgan fingerprint density at radius 1 is 1.03 bits per heavy atom. The molecular weight excluding hydrogens is 388 g/mol. The molecule has 1 heterocycles. The average Bonchev–Trinajstić information content (AvgIpc) is 2.97. The van der Waals surface area contributed by atoms with Crippen LogP contribution in [0.25, 0.3) is 0 Å². The van der Waals surface area contributed by atoms with Crippen molar-refractivity contribution in [1.82, 2.24) is 10.2 Å². The minimum absolute atomic E-state index is 0.166. The summed E-state index contributed by atoms with van der Waals surface area (Å²) in [7, 11) is 0. The van der Waals surface area contributed by atoms with Gasteiger partial charge in [0.25, 0.3) is 11.8 Å². The van der Waals surface area contributed by atoms with Crippen molar-refractivity contribution in [1.29, 1.82) is 0 Å². The highest BCUT2D eigenvalue weighted by molar-refractivity contribution is 7.90. The fourth-order valence-corrected chi connectivity index (χ4v) is 3.97. The Labute approximate surface area is 173 Å². The van der Waals surface area contributed by atoms with E-state index in [-0.39, 0.29) is 12.2 Å². The zero-order valence-corrected chi connectivity index (χ0v) is 17.1. The van der Waals surface area contributed by atoms with E-state index >= 15 is 0 Å². The van der Waals surface area contributed by atoms with Crippen LogP contribution in [0.15, 0.2) is 54.6 Å². The van der Waals surface area contributed by atoms with E-state index in [0.717, 1.165) is 17.7 Å². The summed E-state index contributed by atoms with van der Waals surface area (Å²) >= 11 is -1.14. The summed E-state index contributed by atoms with van der Waals surface area (Å²) in [5.41, 5.74) is 1.79. The molecule has 2 atom stereocenters. The highest BCUT2D eigenvalue weighted by Gasteiger charge is 2.42. The van der Waals surface area contributed by atoms with Gasteiger partial charge in [0.15, 0.2) is 0 Å². The minimum Gasteiger partial charge on any atom is -0.617 e. The number of hydrogen-bond donors (Lipinski definition) is 1. The first kappa shape index (κ1) is 21.1. The van der Waals surface area contributed by atoms with Gasteiger partial charge in [-0.1, -0.05) is 53.6 Å². The van der Waals surface area contributed by atoms with Gasteiger partial charge in [-0.3, -0.25) is 19.3 Å². The number of imide groups is 1. The van der Waals surface area contributed by atoms with E-state index in [1.54, 1.807) is 24.3 Å². The van der Waals surface area contributed by atoms with Crippen molar-refractivity contribution in [3.63, 3.8) is 0 Å². The third-order valence-electron chi connectivity index (χ3n) is 4.90. The summed E-state index contributed by atoms with van der Waals surface area (Å²) < 4.78 is 11.6. The monoisotopic (exact) mass is 412 g/mol. The maximum atomic E-state index is 12.8. The van der Waals surface area contributed by atoms with Gasteiger partial charge >= 0.3 is 0 Å². The number of nitrogens with one attached hydrogen (secondary N) is 1. The number of aryl methyl sites for hydroxylation is 1. The molecule has 0 saturated heterocycles. The molecular formula is C22H24N2O4S. The number of fused-ring (bicyclic) bond motifs is 1. The van der Waals surface area contributed by atoms with Crippen LogP contribution in [0.2, 0.25) is 0 Å². The molecule has 0 fully saturated rings. The van der Waals surface area contributed by atoms with Crippen molar-refractivity contribution in [2.24, 2.45) is 0 Å². The Kier molecular flexibility index (Phi) is 7.06. The van der Waals surface area contributed by atoms with E-state index in [9.17, 15) is 18.9 Å². The number of rotatable bonds is 9. The maximum absolute atomic E-state index is 12.8. The lowest BCUT2D eigenvalue weighted by atomic mass is 10.1. The Morgan fingerprint density at radius 2 is 1.62 bits per heavy atom. The predicted octanol–water partition coefficient (Wildman–Crippen LogP) is 2.17. The Hall–Kier alpha value is -2.64. The van der Waals surface area contributed by atoms with E-state index in [0.29, 0.717) is 17.7 Å². The molecule has 2 aromatic carbocycles. The lowest BCUT2D eigenvalue weighted by Crippen LogP contribution is -2.50. The molecule has 0 bridgehead atoms. The molecule has 1 unspecified atom stereocenters. The highest BCUT2D eigenvalue weighted by atomic mass is 32.2. The molecule has 29 heavy (non-hydrogen) atoms. The van der Waals surface area contributed by atoms with Crippen molar-refractivity contribution in [3.05, 3.63) is 71.3 Å². The van der Waals surface area contributed by atoms with Gasteiger partial charge in [0.2, 0.25) is 5.91 Å². The molecule has 3 amide bonds. The van der Waals surface area contributed by atoms with Crippen LogP contribution < -0.4 is 5.32 Å². The van der Waals surface area contributed by atoms with Gasteiger partial charge in [0.05, 0.1) is 17.4 Å². The standard InChI is InChI=1S/C22H24N2O4S/c1-29(28)15-13-19(20(25)23-14-7-10-16-8-3-2-4-9-16)24-21(26)17-11-5-6-12-18(17)22(24)27/h2-6,8-9,11-12,19H,7,10,13-15H2,1H3,(H,23,25)/t19-,29?/m1/s1. The summed E-state index contributed by atoms with van der Waals surface area (Å²) in [6.07, 6.45) is 3.26. The molecule has 1 aliphatic rings. The molecule has 6 nitrogen and oxygen atoms in total. The normalized spacial score (nSPS) is 15.2. The molecule has 1 aliphatic heterocycles. The highest BCUT2D eigenvalue weighted by Crippen LogP contribution is 2.26. The van der Waals surface area contributed by atoms with Crippen LogP contribution in [0.3, 0.4) is 0 Å². The van der Waals surface area contributed by atoms with E-state index in [1.807, 2.05) is 30.3 Å². The first-order valence-electron chi connectivity index (χ1n) is 9.57. The number of carbonyl (C=O) groups is 3. The van der Waals surface area contributed by atoms with Gasteiger partial charge in [0, 0.05) is 13.0 Å². The zero-order valence-electron chi connectivity index (χ0n) is 16.3. The van der Waals surface area contributed by atoms with Crippen LogP contribution in [0.5, 0.6) is 0 Å². The summed E-state index contributed by atoms with van der Waals surface area (Å²) in [4.78, 5) is 39.4. The SMILES string of the molecule is C[S+]([O-])CC[C@H](C(=O)NCCCc1ccccc1)N1C(=O)c2ccccc2C1=O. The fourth-order valence-electron chi connectivity index (χ4n) is 3.41.